The molecule has 0 unspecified atom stereocenters. The van der Waals surface area contributed by atoms with Crippen LogP contribution >= 0.6 is 15.9 Å². The molecule has 8 heteroatoms. The lowest BCUT2D eigenvalue weighted by molar-refractivity contribution is -0.385. The normalized spacial score (nSPS) is 10.6. The van der Waals surface area contributed by atoms with E-state index in [1.165, 1.54) is 16.8 Å². The summed E-state index contributed by atoms with van der Waals surface area (Å²) < 4.78 is 6.30. The van der Waals surface area contributed by atoms with E-state index in [4.69, 9.17) is 4.52 Å². The number of rotatable bonds is 3. The molecule has 0 saturated heterocycles. The van der Waals surface area contributed by atoms with Gasteiger partial charge in [0.1, 0.15) is 0 Å². The van der Waals surface area contributed by atoms with E-state index in [1.54, 1.807) is 13.0 Å². The smallest absolute Gasteiger partial charge is 0.286 e. The van der Waals surface area contributed by atoms with Gasteiger partial charge in [0.15, 0.2) is 5.76 Å². The van der Waals surface area contributed by atoms with Crippen molar-refractivity contribution >= 4 is 21.6 Å². The molecule has 2 heterocycles. The summed E-state index contributed by atoms with van der Waals surface area (Å²) in [5.74, 6) is 0.460. The van der Waals surface area contributed by atoms with Gasteiger partial charge in [0.25, 0.3) is 11.2 Å². The largest absolute Gasteiger partial charge is 0.359 e. The molecule has 2 aromatic rings. The molecule has 0 aliphatic heterocycles. The van der Waals surface area contributed by atoms with Gasteiger partial charge in [-0.1, -0.05) is 5.16 Å². The van der Waals surface area contributed by atoms with Crippen LogP contribution in [0.25, 0.3) is 0 Å². The van der Waals surface area contributed by atoms with Crippen molar-refractivity contribution in [3.63, 3.8) is 0 Å². The molecule has 2 aromatic heterocycles. The van der Waals surface area contributed by atoms with Gasteiger partial charge < -0.3 is 9.09 Å². The van der Waals surface area contributed by atoms with Gasteiger partial charge in [0, 0.05) is 12.1 Å². The van der Waals surface area contributed by atoms with E-state index in [9.17, 15) is 14.9 Å². The molecule has 94 valence electrons. The highest BCUT2D eigenvalue weighted by atomic mass is 79.9. The standard InChI is InChI=1S/C10H8BrN3O4/c1-6-2-8(18-12-6)5-13-4-7(14(16)17)3-9(11)10(13)15/h2-4H,5H2,1H3. The molecule has 0 radical (unpaired) electrons. The second kappa shape index (κ2) is 4.73. The molecule has 0 amide bonds. The molecule has 0 atom stereocenters. The third-order valence-electron chi connectivity index (χ3n) is 2.24. The van der Waals surface area contributed by atoms with E-state index in [1.807, 2.05) is 0 Å². The maximum atomic E-state index is 11.8. The summed E-state index contributed by atoms with van der Waals surface area (Å²) >= 11 is 3.00. The molecular formula is C10H8BrN3O4. The quantitative estimate of drug-likeness (QED) is 0.637. The zero-order valence-corrected chi connectivity index (χ0v) is 10.9. The topological polar surface area (TPSA) is 91.2 Å². The van der Waals surface area contributed by atoms with E-state index >= 15 is 0 Å². The van der Waals surface area contributed by atoms with Gasteiger partial charge in [-0.2, -0.15) is 0 Å². The summed E-state index contributed by atoms with van der Waals surface area (Å²) in [5.41, 5.74) is 0.148. The molecule has 0 spiro atoms. The molecule has 7 nitrogen and oxygen atoms in total. The molecular weight excluding hydrogens is 306 g/mol. The minimum absolute atomic E-state index is 0.0972. The lowest BCUT2D eigenvalue weighted by Gasteiger charge is -2.03. The van der Waals surface area contributed by atoms with Crippen LogP contribution in [0, 0.1) is 17.0 Å². The van der Waals surface area contributed by atoms with E-state index in [0.717, 1.165) is 0 Å². The Bertz CT molecular complexity index is 661. The van der Waals surface area contributed by atoms with Crippen LogP contribution in [-0.2, 0) is 6.54 Å². The van der Waals surface area contributed by atoms with Crippen molar-refractivity contribution in [2.75, 3.05) is 0 Å². The number of halogens is 1. The van der Waals surface area contributed by atoms with Crippen LogP contribution < -0.4 is 5.56 Å². The molecule has 0 aromatic carbocycles. The van der Waals surface area contributed by atoms with Crippen LogP contribution in [-0.4, -0.2) is 14.6 Å². The second-order valence-corrected chi connectivity index (χ2v) is 4.53. The predicted octanol–water partition coefficient (Wildman–Crippen LogP) is 1.86. The van der Waals surface area contributed by atoms with E-state index in [0.29, 0.717) is 11.5 Å². The number of hydrogen-bond donors (Lipinski definition) is 0. The van der Waals surface area contributed by atoms with Crippen molar-refractivity contribution in [3.8, 4) is 0 Å². The predicted molar refractivity (Wildman–Crippen MR) is 65.4 cm³/mol. The fraction of sp³-hybridized carbons (Fsp3) is 0.200. The van der Waals surface area contributed by atoms with Gasteiger partial charge in [-0.15, -0.1) is 0 Å². The van der Waals surface area contributed by atoms with Crippen molar-refractivity contribution in [1.82, 2.24) is 9.72 Å². The molecule has 0 fully saturated rings. The van der Waals surface area contributed by atoms with Crippen molar-refractivity contribution in [2.45, 2.75) is 13.5 Å². The first-order chi connectivity index (χ1) is 8.47. The fourth-order valence-electron chi connectivity index (χ4n) is 1.46. The Morgan fingerprint density at radius 3 is 2.83 bits per heavy atom. The maximum absolute atomic E-state index is 11.8. The lowest BCUT2D eigenvalue weighted by atomic mass is 10.3. The number of nitro groups is 1. The number of aromatic nitrogens is 2. The Morgan fingerprint density at radius 1 is 1.56 bits per heavy atom. The SMILES string of the molecule is Cc1cc(Cn2cc([N+](=O)[O-])cc(Br)c2=O)on1. The van der Waals surface area contributed by atoms with Crippen molar-refractivity contribution in [1.29, 1.82) is 0 Å². The summed E-state index contributed by atoms with van der Waals surface area (Å²) in [4.78, 5) is 21.9. The minimum Gasteiger partial charge on any atom is -0.359 e. The van der Waals surface area contributed by atoms with Gasteiger partial charge in [0.05, 0.1) is 27.8 Å². The Hall–Kier alpha value is -1.96. The third-order valence-corrected chi connectivity index (χ3v) is 2.81. The van der Waals surface area contributed by atoms with E-state index < -0.39 is 4.92 Å². The van der Waals surface area contributed by atoms with Gasteiger partial charge >= 0.3 is 0 Å². The molecule has 0 N–H and O–H groups in total. The molecule has 0 aliphatic rings. The Balaban J connectivity index is 2.43. The van der Waals surface area contributed by atoms with Gasteiger partial charge in [-0.3, -0.25) is 14.9 Å². The average molecular weight is 314 g/mol. The Morgan fingerprint density at radius 2 is 2.28 bits per heavy atom. The first-order valence-electron chi connectivity index (χ1n) is 4.94. The zero-order valence-electron chi connectivity index (χ0n) is 9.29. The highest BCUT2D eigenvalue weighted by Crippen LogP contribution is 2.15. The van der Waals surface area contributed by atoms with Crippen LogP contribution in [0.5, 0.6) is 0 Å². The molecule has 2 rings (SSSR count). The van der Waals surface area contributed by atoms with Gasteiger partial charge in [0.2, 0.25) is 0 Å². The monoisotopic (exact) mass is 313 g/mol. The summed E-state index contributed by atoms with van der Waals surface area (Å²) in [6.45, 7) is 1.85. The van der Waals surface area contributed by atoms with Crippen LogP contribution in [0.4, 0.5) is 5.69 Å². The third kappa shape index (κ3) is 2.48. The molecule has 0 saturated carbocycles. The number of pyridine rings is 1. The number of aryl methyl sites for hydroxylation is 1. The van der Waals surface area contributed by atoms with Crippen LogP contribution in [0.1, 0.15) is 11.5 Å². The first kappa shape index (κ1) is 12.5. The van der Waals surface area contributed by atoms with E-state index in [-0.39, 0.29) is 22.3 Å². The van der Waals surface area contributed by atoms with Crippen LogP contribution in [0.3, 0.4) is 0 Å². The van der Waals surface area contributed by atoms with E-state index in [2.05, 4.69) is 21.1 Å². The lowest BCUT2D eigenvalue weighted by Crippen LogP contribution is -2.21. The summed E-state index contributed by atoms with van der Waals surface area (Å²) in [6.07, 6.45) is 1.17. The molecule has 0 bridgehead atoms. The van der Waals surface area contributed by atoms with Crippen LogP contribution in [0.15, 0.2) is 32.1 Å². The van der Waals surface area contributed by atoms with Crippen molar-refractivity contribution in [2.24, 2.45) is 0 Å². The maximum Gasteiger partial charge on any atom is 0.286 e. The first-order valence-corrected chi connectivity index (χ1v) is 5.73. The molecule has 0 aliphatic carbocycles. The number of hydrogen-bond acceptors (Lipinski definition) is 5. The van der Waals surface area contributed by atoms with Crippen molar-refractivity contribution in [3.05, 3.63) is 54.7 Å². The minimum atomic E-state index is -0.563. The fourth-order valence-corrected chi connectivity index (χ4v) is 1.92. The highest BCUT2D eigenvalue weighted by molar-refractivity contribution is 9.10. The number of nitrogens with zero attached hydrogens (tertiary/aromatic N) is 3. The zero-order chi connectivity index (χ0) is 13.3. The summed E-state index contributed by atoms with van der Waals surface area (Å²) in [5, 5.41) is 14.4. The summed E-state index contributed by atoms with van der Waals surface area (Å²) in [7, 11) is 0. The molecule has 18 heavy (non-hydrogen) atoms. The highest BCUT2D eigenvalue weighted by Gasteiger charge is 2.13. The summed E-state index contributed by atoms with van der Waals surface area (Å²) in [6, 6.07) is 2.84. The van der Waals surface area contributed by atoms with Gasteiger partial charge in [-0.25, -0.2) is 0 Å². The Kier molecular flexibility index (Phi) is 3.28. The Labute approximate surface area is 109 Å². The van der Waals surface area contributed by atoms with Crippen molar-refractivity contribution < 1.29 is 9.45 Å². The average Bonchev–Trinajstić information content (AvgIpc) is 2.70. The van der Waals surface area contributed by atoms with Crippen LogP contribution in [0.2, 0.25) is 0 Å². The second-order valence-electron chi connectivity index (χ2n) is 3.67. The van der Waals surface area contributed by atoms with Gasteiger partial charge in [-0.05, 0) is 22.9 Å².